The number of aromatic nitrogens is 3. The Morgan fingerprint density at radius 3 is 2.56 bits per heavy atom. The molecule has 9 heteroatoms. The molecule has 0 spiro atoms. The van der Waals surface area contributed by atoms with E-state index in [9.17, 15) is 20.5 Å². The number of nitrogens with one attached hydrogen (secondary N) is 1. The van der Waals surface area contributed by atoms with Gasteiger partial charge in [-0.15, -0.1) is 0 Å². The molecule has 1 saturated carbocycles. The van der Waals surface area contributed by atoms with Gasteiger partial charge in [0.15, 0.2) is 5.82 Å². The maximum atomic E-state index is 10.7. The van der Waals surface area contributed by atoms with Crippen molar-refractivity contribution >= 4 is 28.5 Å². The molecule has 0 bridgehead atoms. The minimum absolute atomic E-state index is 0.254. The molecule has 4 rings (SSSR count). The molecule has 1 fully saturated rings. The highest BCUT2D eigenvalue weighted by atomic mass is 35.5. The molecular weight excluding hydrogens is 372 g/mol. The predicted molar refractivity (Wildman–Crippen MR) is 98.5 cm³/mol. The number of fused-ring (bicyclic) bond motifs is 1. The fourth-order valence-corrected chi connectivity index (χ4v) is 3.99. The van der Waals surface area contributed by atoms with E-state index >= 15 is 0 Å². The van der Waals surface area contributed by atoms with Gasteiger partial charge in [0.25, 0.3) is 0 Å². The van der Waals surface area contributed by atoms with Gasteiger partial charge < -0.3 is 19.9 Å². The second kappa shape index (κ2) is 7.06. The van der Waals surface area contributed by atoms with Crippen LogP contribution in [0.2, 0.25) is 5.02 Å². The lowest BCUT2D eigenvalue weighted by Gasteiger charge is -2.22. The highest BCUT2D eigenvalue weighted by molar-refractivity contribution is 6.30. The van der Waals surface area contributed by atoms with Crippen molar-refractivity contribution in [3.63, 3.8) is 0 Å². The van der Waals surface area contributed by atoms with Crippen LogP contribution in [-0.4, -0.2) is 47.3 Å². The summed E-state index contributed by atoms with van der Waals surface area (Å²) < 4.78 is 1.74. The Bertz CT molecular complexity index is 948. The van der Waals surface area contributed by atoms with Gasteiger partial charge >= 0.3 is 0 Å². The number of rotatable bonds is 4. The summed E-state index contributed by atoms with van der Waals surface area (Å²) in [5.41, 5.74) is 3.16. The van der Waals surface area contributed by atoms with Crippen molar-refractivity contribution < 1.29 is 20.5 Å². The minimum atomic E-state index is -1.10. The lowest BCUT2D eigenvalue weighted by molar-refractivity contribution is -0.0264. The fourth-order valence-electron chi connectivity index (χ4n) is 3.87. The number of hydrogen-bond acceptors (Lipinski definition) is 7. The molecule has 27 heavy (non-hydrogen) atoms. The van der Waals surface area contributed by atoms with Crippen LogP contribution in [-0.2, 0) is 0 Å². The lowest BCUT2D eigenvalue weighted by atomic mass is 9.92. The van der Waals surface area contributed by atoms with Gasteiger partial charge in [0.05, 0.1) is 23.6 Å². The van der Waals surface area contributed by atoms with Gasteiger partial charge in [-0.1, -0.05) is 23.7 Å². The van der Waals surface area contributed by atoms with E-state index < -0.39 is 30.3 Å². The van der Waals surface area contributed by atoms with Crippen LogP contribution < -0.4 is 5.48 Å². The van der Waals surface area contributed by atoms with Crippen LogP contribution in [0.4, 0.5) is 5.82 Å². The van der Waals surface area contributed by atoms with Crippen LogP contribution in [0.3, 0.4) is 0 Å². The number of hydrogen-bond donors (Lipinski definition) is 5. The van der Waals surface area contributed by atoms with Gasteiger partial charge in [-0.05, 0) is 30.2 Å². The molecule has 1 aliphatic rings. The average molecular weight is 391 g/mol. The number of benzene rings is 1. The zero-order chi connectivity index (χ0) is 19.1. The fraction of sp³-hybridized carbons (Fsp3) is 0.333. The predicted octanol–water partition coefficient (Wildman–Crippen LogP) is 1.90. The summed E-state index contributed by atoms with van der Waals surface area (Å²) in [6.07, 6.45) is 0.251. The van der Waals surface area contributed by atoms with Crippen LogP contribution in [0.1, 0.15) is 24.1 Å². The highest BCUT2D eigenvalue weighted by Gasteiger charge is 2.46. The molecule has 8 nitrogen and oxygen atoms in total. The van der Waals surface area contributed by atoms with Crippen molar-refractivity contribution in [1.29, 1.82) is 0 Å². The molecule has 142 valence electrons. The summed E-state index contributed by atoms with van der Waals surface area (Å²) in [6, 6.07) is 8.00. The van der Waals surface area contributed by atoms with E-state index in [0.717, 1.165) is 0 Å². The van der Waals surface area contributed by atoms with Gasteiger partial charge in [-0.3, -0.25) is 10.7 Å². The summed E-state index contributed by atoms with van der Waals surface area (Å²) in [4.78, 5) is 8.16. The molecule has 5 atom stereocenters. The second-order valence-electron chi connectivity index (χ2n) is 6.74. The zero-order valence-corrected chi connectivity index (χ0v) is 14.9. The van der Waals surface area contributed by atoms with Gasteiger partial charge in [0.2, 0.25) is 0 Å². The molecule has 3 aromatic rings. The van der Waals surface area contributed by atoms with Gasteiger partial charge in [0.1, 0.15) is 18.1 Å². The number of nitrogens with zero attached hydrogens (tertiary/aromatic N) is 3. The Labute approximate surface area is 159 Å². The molecule has 1 aromatic carbocycles. The van der Waals surface area contributed by atoms with E-state index in [2.05, 4.69) is 9.97 Å². The topological polar surface area (TPSA) is 124 Å². The van der Waals surface area contributed by atoms with Crippen LogP contribution in [0.5, 0.6) is 0 Å². The molecule has 0 saturated heterocycles. The summed E-state index contributed by atoms with van der Waals surface area (Å²) in [6.45, 7) is 0. The average Bonchev–Trinajstić information content (AvgIpc) is 3.23. The Morgan fingerprint density at radius 1 is 1.11 bits per heavy atom. The molecule has 0 radical (unpaired) electrons. The van der Waals surface area contributed by atoms with Crippen LogP contribution in [0.15, 0.2) is 42.9 Å². The first-order valence-corrected chi connectivity index (χ1v) is 8.90. The Balaban J connectivity index is 1.65. The summed E-state index contributed by atoms with van der Waals surface area (Å²) in [7, 11) is 0. The normalized spacial score (nSPS) is 26.4. The van der Waals surface area contributed by atoms with Gasteiger partial charge in [0, 0.05) is 17.1 Å². The van der Waals surface area contributed by atoms with Crippen molar-refractivity contribution in [2.75, 3.05) is 5.48 Å². The van der Waals surface area contributed by atoms with Gasteiger partial charge in [-0.25, -0.2) is 9.97 Å². The van der Waals surface area contributed by atoms with E-state index in [4.69, 9.17) is 11.6 Å². The first-order chi connectivity index (χ1) is 13.0. The van der Waals surface area contributed by atoms with Crippen LogP contribution in [0.25, 0.3) is 11.0 Å². The van der Waals surface area contributed by atoms with Crippen LogP contribution in [0, 0.1) is 5.92 Å². The van der Waals surface area contributed by atoms with E-state index in [1.165, 1.54) is 6.33 Å². The molecule has 2 heterocycles. The number of halogens is 1. The molecule has 1 unspecified atom stereocenters. The smallest absolute Gasteiger partial charge is 0.162 e. The second-order valence-corrected chi connectivity index (χ2v) is 7.18. The molecule has 2 aromatic heterocycles. The summed E-state index contributed by atoms with van der Waals surface area (Å²) in [5, 5.41) is 42.2. The van der Waals surface area contributed by atoms with Crippen molar-refractivity contribution in [1.82, 2.24) is 14.5 Å². The van der Waals surface area contributed by atoms with Crippen LogP contribution >= 0.6 is 11.6 Å². The standard InChI is InChI=1S/C18H19ClN4O4/c19-10-3-1-9(2-4-10)14(24)12-7-13(16(26)15(12)25)23-6-5-11-17(22-27)20-8-21-18(11)23/h1-6,8,12-16,24-27H,7H2,(H,20,21,22)/t12-,13-,14?,15-,16+/m1/s1. The van der Waals surface area contributed by atoms with E-state index in [1.807, 2.05) is 5.48 Å². The first kappa shape index (κ1) is 18.1. The van der Waals surface area contributed by atoms with Crippen molar-refractivity contribution in [3.8, 4) is 0 Å². The monoisotopic (exact) mass is 390 g/mol. The minimum Gasteiger partial charge on any atom is -0.390 e. The Morgan fingerprint density at radius 2 is 1.85 bits per heavy atom. The van der Waals surface area contributed by atoms with Crippen molar-refractivity contribution in [2.45, 2.75) is 30.8 Å². The molecule has 0 amide bonds. The quantitative estimate of drug-likeness (QED) is 0.431. The number of aliphatic hydroxyl groups is 3. The zero-order valence-electron chi connectivity index (χ0n) is 14.1. The number of anilines is 1. The van der Waals surface area contributed by atoms with E-state index in [0.29, 0.717) is 28.0 Å². The number of aliphatic hydroxyl groups excluding tert-OH is 3. The molecule has 1 aliphatic carbocycles. The SMILES string of the molecule is ONc1ncnc2c1ccn2[C@@H]1C[C@H](C(O)c2ccc(Cl)cc2)[C@@H](O)[C@H]1O. The van der Waals surface area contributed by atoms with Crippen molar-refractivity contribution in [3.05, 3.63) is 53.4 Å². The molecular formula is C18H19ClN4O4. The molecule has 5 N–H and O–H groups in total. The first-order valence-electron chi connectivity index (χ1n) is 8.52. The summed E-state index contributed by atoms with van der Waals surface area (Å²) in [5.74, 6) is -0.301. The summed E-state index contributed by atoms with van der Waals surface area (Å²) >= 11 is 5.89. The van der Waals surface area contributed by atoms with E-state index in [-0.39, 0.29) is 5.82 Å². The lowest BCUT2D eigenvalue weighted by Crippen LogP contribution is -2.31. The maximum Gasteiger partial charge on any atom is 0.162 e. The third kappa shape index (κ3) is 3.05. The maximum absolute atomic E-state index is 10.7. The van der Waals surface area contributed by atoms with Crippen molar-refractivity contribution in [2.24, 2.45) is 5.92 Å². The third-order valence-corrected chi connectivity index (χ3v) is 5.54. The molecule has 0 aliphatic heterocycles. The largest absolute Gasteiger partial charge is 0.390 e. The Kier molecular flexibility index (Phi) is 4.75. The highest BCUT2D eigenvalue weighted by Crippen LogP contribution is 2.43. The van der Waals surface area contributed by atoms with Gasteiger partial charge in [-0.2, -0.15) is 0 Å². The Hall–Kier alpha value is -2.23. The van der Waals surface area contributed by atoms with E-state index in [1.54, 1.807) is 41.1 Å². The third-order valence-electron chi connectivity index (χ3n) is 5.29.